The Labute approximate surface area is 152 Å². The van der Waals surface area contributed by atoms with Gasteiger partial charge in [-0.25, -0.2) is 4.79 Å². The summed E-state index contributed by atoms with van der Waals surface area (Å²) in [6, 6.07) is 10.5. The van der Waals surface area contributed by atoms with Gasteiger partial charge in [0, 0.05) is 11.8 Å². The number of anilines is 1. The molecule has 2 rings (SSSR count). The summed E-state index contributed by atoms with van der Waals surface area (Å²) in [5, 5.41) is 3.83. The van der Waals surface area contributed by atoms with E-state index in [9.17, 15) is 9.59 Å². The van der Waals surface area contributed by atoms with E-state index in [4.69, 9.17) is 14.0 Å². The summed E-state index contributed by atoms with van der Waals surface area (Å²) >= 11 is 0. The fourth-order valence-corrected chi connectivity index (χ4v) is 2.19. The molecule has 0 saturated carbocycles. The highest BCUT2D eigenvalue weighted by molar-refractivity contribution is 5.93. The number of rotatable bonds is 5. The van der Waals surface area contributed by atoms with Crippen molar-refractivity contribution in [2.45, 2.75) is 46.3 Å². The Morgan fingerprint density at radius 2 is 1.88 bits per heavy atom. The zero-order valence-electron chi connectivity index (χ0n) is 15.7. The molecule has 0 saturated heterocycles. The predicted molar refractivity (Wildman–Crippen MR) is 95.8 cm³/mol. The topological polar surface area (TPSA) is 81.9 Å². The van der Waals surface area contributed by atoms with E-state index in [1.807, 2.05) is 6.07 Å². The van der Waals surface area contributed by atoms with Crippen LogP contribution in [0.4, 0.5) is 10.5 Å². The van der Waals surface area contributed by atoms with Gasteiger partial charge in [0.05, 0.1) is 0 Å². The molecule has 0 aliphatic heterocycles. The Morgan fingerprint density at radius 3 is 2.42 bits per heavy atom. The lowest BCUT2D eigenvalue weighted by atomic mass is 10.2. The number of carbonyl (C=O) groups is 2. The summed E-state index contributed by atoms with van der Waals surface area (Å²) in [6.45, 7) is 8.46. The van der Waals surface area contributed by atoms with Gasteiger partial charge in [-0.2, -0.15) is 0 Å². The maximum Gasteiger partial charge on any atom is 0.415 e. The van der Waals surface area contributed by atoms with Gasteiger partial charge in [0.25, 0.3) is 0 Å². The number of ether oxygens (including phenoxy) is 2. The zero-order chi connectivity index (χ0) is 19.3. The molecule has 0 fully saturated rings. The van der Waals surface area contributed by atoms with E-state index in [0.717, 1.165) is 0 Å². The molecule has 1 atom stereocenters. The highest BCUT2D eigenvalue weighted by Gasteiger charge is 2.27. The third-order valence-electron chi connectivity index (χ3n) is 3.34. The quantitative estimate of drug-likeness (QED) is 0.749. The average molecular weight is 360 g/mol. The van der Waals surface area contributed by atoms with Gasteiger partial charge >= 0.3 is 12.1 Å². The summed E-state index contributed by atoms with van der Waals surface area (Å²) in [6.07, 6.45) is -1.21. The number of aromatic nitrogens is 1. The van der Waals surface area contributed by atoms with E-state index < -0.39 is 23.8 Å². The van der Waals surface area contributed by atoms with E-state index in [1.54, 1.807) is 65.0 Å². The summed E-state index contributed by atoms with van der Waals surface area (Å²) in [5.41, 5.74) is 0.377. The number of para-hydroxylation sites is 1. The summed E-state index contributed by atoms with van der Waals surface area (Å²) in [4.78, 5) is 26.1. The molecule has 1 heterocycles. The monoisotopic (exact) mass is 360 g/mol. The van der Waals surface area contributed by atoms with Crippen LogP contribution in [0.25, 0.3) is 0 Å². The Kier molecular flexibility index (Phi) is 6.02. The SMILES string of the molecule is Cc1cc(C(C)OC(=O)CN(C(=O)OC(C)(C)C)c2ccccc2)no1. The van der Waals surface area contributed by atoms with E-state index in [-0.39, 0.29) is 6.54 Å². The zero-order valence-corrected chi connectivity index (χ0v) is 15.7. The van der Waals surface area contributed by atoms with E-state index in [2.05, 4.69) is 5.16 Å². The second kappa shape index (κ2) is 8.03. The number of amides is 1. The second-order valence-corrected chi connectivity index (χ2v) is 6.90. The minimum absolute atomic E-state index is 0.278. The van der Waals surface area contributed by atoms with Crippen molar-refractivity contribution in [3.8, 4) is 0 Å². The van der Waals surface area contributed by atoms with Crippen LogP contribution in [0.3, 0.4) is 0 Å². The van der Waals surface area contributed by atoms with Crippen LogP contribution in [0.1, 0.15) is 45.3 Å². The molecule has 2 aromatic rings. The molecule has 0 spiro atoms. The van der Waals surface area contributed by atoms with Gasteiger partial charge < -0.3 is 14.0 Å². The minimum atomic E-state index is -0.681. The van der Waals surface area contributed by atoms with Gasteiger partial charge in [-0.15, -0.1) is 0 Å². The van der Waals surface area contributed by atoms with Crippen molar-refractivity contribution in [1.82, 2.24) is 5.16 Å². The lowest BCUT2D eigenvalue weighted by molar-refractivity contribution is -0.147. The van der Waals surface area contributed by atoms with Crippen LogP contribution >= 0.6 is 0 Å². The standard InChI is InChI=1S/C19H24N2O5/c1-13-11-16(20-26-13)14(2)24-17(22)12-21(15-9-7-6-8-10-15)18(23)25-19(3,4)5/h6-11,14H,12H2,1-5H3. The fraction of sp³-hybridized carbons (Fsp3) is 0.421. The highest BCUT2D eigenvalue weighted by Crippen LogP contribution is 2.20. The van der Waals surface area contributed by atoms with Crippen molar-refractivity contribution in [1.29, 1.82) is 0 Å². The maximum absolute atomic E-state index is 12.5. The first-order chi connectivity index (χ1) is 12.2. The highest BCUT2D eigenvalue weighted by atomic mass is 16.6. The van der Waals surface area contributed by atoms with Crippen molar-refractivity contribution in [3.05, 3.63) is 47.9 Å². The number of hydrogen-bond acceptors (Lipinski definition) is 6. The molecule has 140 valence electrons. The number of hydrogen-bond donors (Lipinski definition) is 0. The maximum atomic E-state index is 12.5. The van der Waals surface area contributed by atoms with Crippen LogP contribution in [0.15, 0.2) is 40.9 Å². The van der Waals surface area contributed by atoms with Crippen LogP contribution in [0.2, 0.25) is 0 Å². The van der Waals surface area contributed by atoms with Crippen LogP contribution in [0.5, 0.6) is 0 Å². The van der Waals surface area contributed by atoms with Crippen molar-refractivity contribution >= 4 is 17.7 Å². The van der Waals surface area contributed by atoms with Gasteiger partial charge in [-0.05, 0) is 46.8 Å². The molecule has 1 unspecified atom stereocenters. The molecule has 0 bridgehead atoms. The molecule has 7 heteroatoms. The van der Waals surface area contributed by atoms with Crippen LogP contribution in [-0.4, -0.2) is 29.4 Å². The molecule has 1 aromatic carbocycles. The normalized spacial score (nSPS) is 12.3. The Balaban J connectivity index is 2.10. The first kappa shape index (κ1) is 19.5. The Morgan fingerprint density at radius 1 is 1.23 bits per heavy atom. The molecule has 0 N–H and O–H groups in total. The number of carbonyl (C=O) groups excluding carboxylic acids is 2. The Bertz CT molecular complexity index is 749. The molecule has 0 aliphatic rings. The molecule has 0 radical (unpaired) electrons. The van der Waals surface area contributed by atoms with Crippen molar-refractivity contribution in [2.75, 3.05) is 11.4 Å². The van der Waals surface area contributed by atoms with Crippen molar-refractivity contribution in [2.24, 2.45) is 0 Å². The van der Waals surface area contributed by atoms with Gasteiger partial charge in [0.1, 0.15) is 29.7 Å². The number of aryl methyl sites for hydroxylation is 1. The minimum Gasteiger partial charge on any atom is -0.455 e. The number of esters is 1. The fourth-order valence-electron chi connectivity index (χ4n) is 2.19. The van der Waals surface area contributed by atoms with E-state index in [0.29, 0.717) is 17.1 Å². The molecular formula is C19H24N2O5. The van der Waals surface area contributed by atoms with Crippen LogP contribution < -0.4 is 4.90 Å². The molecule has 0 aliphatic carbocycles. The largest absolute Gasteiger partial charge is 0.455 e. The number of nitrogens with zero attached hydrogens (tertiary/aromatic N) is 2. The summed E-state index contributed by atoms with van der Waals surface area (Å²) in [5.74, 6) is 0.0513. The molecular weight excluding hydrogens is 336 g/mol. The average Bonchev–Trinajstić information content (AvgIpc) is 2.98. The lowest BCUT2D eigenvalue weighted by Crippen LogP contribution is -2.40. The third kappa shape index (κ3) is 5.61. The lowest BCUT2D eigenvalue weighted by Gasteiger charge is -2.27. The molecule has 1 amide bonds. The van der Waals surface area contributed by atoms with Gasteiger partial charge in [-0.1, -0.05) is 23.4 Å². The third-order valence-corrected chi connectivity index (χ3v) is 3.34. The van der Waals surface area contributed by atoms with E-state index >= 15 is 0 Å². The van der Waals surface area contributed by atoms with Crippen LogP contribution in [0, 0.1) is 6.92 Å². The van der Waals surface area contributed by atoms with Crippen LogP contribution in [-0.2, 0) is 14.3 Å². The van der Waals surface area contributed by atoms with Crippen molar-refractivity contribution < 1.29 is 23.6 Å². The number of benzene rings is 1. The van der Waals surface area contributed by atoms with Crippen molar-refractivity contribution in [3.63, 3.8) is 0 Å². The molecule has 1 aromatic heterocycles. The van der Waals surface area contributed by atoms with Gasteiger partial charge in [0.2, 0.25) is 0 Å². The smallest absolute Gasteiger partial charge is 0.415 e. The Hall–Kier alpha value is -2.83. The first-order valence-electron chi connectivity index (χ1n) is 8.34. The summed E-state index contributed by atoms with van der Waals surface area (Å²) < 4.78 is 15.8. The van der Waals surface area contributed by atoms with Gasteiger partial charge in [-0.3, -0.25) is 9.69 Å². The van der Waals surface area contributed by atoms with E-state index in [1.165, 1.54) is 4.90 Å². The first-order valence-corrected chi connectivity index (χ1v) is 8.34. The molecule has 7 nitrogen and oxygen atoms in total. The van der Waals surface area contributed by atoms with Gasteiger partial charge in [0.15, 0.2) is 0 Å². The summed E-state index contributed by atoms with van der Waals surface area (Å²) in [7, 11) is 0. The molecule has 26 heavy (non-hydrogen) atoms. The predicted octanol–water partition coefficient (Wildman–Crippen LogP) is 4.03. The second-order valence-electron chi connectivity index (χ2n) is 6.90.